The number of halogens is 1. The van der Waals surface area contributed by atoms with Crippen molar-refractivity contribution >= 4 is 40.9 Å². The van der Waals surface area contributed by atoms with Crippen molar-refractivity contribution in [2.24, 2.45) is 0 Å². The minimum absolute atomic E-state index is 0.0970. The van der Waals surface area contributed by atoms with Gasteiger partial charge in [0.2, 0.25) is 5.91 Å². The quantitative estimate of drug-likeness (QED) is 0.448. The third-order valence-electron chi connectivity index (χ3n) is 3.04. The number of carbonyl (C=O) groups excluding carboxylic acids is 2. The Morgan fingerprint density at radius 3 is 2.71 bits per heavy atom. The van der Waals surface area contributed by atoms with E-state index in [1.54, 1.807) is 0 Å². The highest BCUT2D eigenvalue weighted by atomic mass is 35.5. The Bertz CT molecular complexity index is 712. The van der Waals surface area contributed by atoms with Crippen molar-refractivity contribution in [2.75, 3.05) is 18.1 Å². The van der Waals surface area contributed by atoms with E-state index >= 15 is 0 Å². The van der Waals surface area contributed by atoms with Gasteiger partial charge < -0.3 is 10.6 Å². The van der Waals surface area contributed by atoms with E-state index in [1.807, 2.05) is 36.6 Å². The largest absolute Gasteiger partial charge is 0.351 e. The van der Waals surface area contributed by atoms with Crippen LogP contribution in [0.2, 0.25) is 5.02 Å². The van der Waals surface area contributed by atoms with Gasteiger partial charge in [-0.1, -0.05) is 41.6 Å². The number of anilines is 1. The number of rotatable bonds is 7. The Kier molecular flexibility index (Phi) is 7.02. The summed E-state index contributed by atoms with van der Waals surface area (Å²) in [6, 6.07) is 9.22. The molecule has 2 amide bonds. The van der Waals surface area contributed by atoms with Crippen molar-refractivity contribution < 1.29 is 9.59 Å². The summed E-state index contributed by atoms with van der Waals surface area (Å²) in [5.41, 5.74) is 0.897. The number of hydrogen-bond acceptors (Lipinski definition) is 5. The molecule has 0 fully saturated rings. The van der Waals surface area contributed by atoms with Crippen LogP contribution >= 0.6 is 23.4 Å². The fourth-order valence-corrected chi connectivity index (χ4v) is 2.41. The van der Waals surface area contributed by atoms with Crippen molar-refractivity contribution in [3.8, 4) is 0 Å². The lowest BCUT2D eigenvalue weighted by Gasteiger charge is -2.07. The van der Waals surface area contributed by atoms with E-state index in [-0.39, 0.29) is 22.5 Å². The van der Waals surface area contributed by atoms with Gasteiger partial charge in [0.1, 0.15) is 0 Å². The molecular formula is C16H17ClN4O2S. The molecule has 8 heteroatoms. The first kappa shape index (κ1) is 18.2. The maximum absolute atomic E-state index is 12.1. The third-order valence-corrected chi connectivity index (χ3v) is 3.88. The highest BCUT2D eigenvalue weighted by Crippen LogP contribution is 2.16. The monoisotopic (exact) mass is 364 g/mol. The minimum Gasteiger partial charge on any atom is -0.351 e. The second-order valence-corrected chi connectivity index (χ2v) is 6.01. The average Bonchev–Trinajstić information content (AvgIpc) is 2.60. The maximum atomic E-state index is 12.1. The molecule has 0 bridgehead atoms. The zero-order chi connectivity index (χ0) is 17.4. The summed E-state index contributed by atoms with van der Waals surface area (Å²) < 4.78 is 0. The van der Waals surface area contributed by atoms with Crippen molar-refractivity contribution in [1.82, 2.24) is 15.3 Å². The number of hydrogen-bond donors (Lipinski definition) is 2. The molecule has 2 N–H and O–H groups in total. The topological polar surface area (TPSA) is 84.0 Å². The van der Waals surface area contributed by atoms with E-state index in [0.717, 1.165) is 5.69 Å². The molecule has 0 unspecified atom stereocenters. The zero-order valence-corrected chi connectivity index (χ0v) is 14.7. The summed E-state index contributed by atoms with van der Waals surface area (Å²) >= 11 is 7.27. The summed E-state index contributed by atoms with van der Waals surface area (Å²) in [6.07, 6.45) is 4.05. The number of para-hydroxylation sites is 1. The summed E-state index contributed by atoms with van der Waals surface area (Å²) in [5, 5.41) is 6.18. The lowest BCUT2D eigenvalue weighted by atomic mass is 10.2. The van der Waals surface area contributed by atoms with Gasteiger partial charge in [-0.05, 0) is 24.8 Å². The smallest absolute Gasteiger partial charge is 0.271 e. The SMILES string of the molecule is CSc1ncc(Cl)c(C(=O)NCCCC(=O)Nc2ccccc2)n1. The van der Waals surface area contributed by atoms with Crippen LogP contribution in [0.3, 0.4) is 0 Å². The molecule has 2 aromatic rings. The average molecular weight is 365 g/mol. The standard InChI is InChI=1S/C16H17ClN4O2S/c1-24-16-19-10-12(17)14(21-16)15(23)18-9-5-8-13(22)20-11-6-3-2-4-7-11/h2-4,6-7,10H,5,8-9H2,1H3,(H,18,23)(H,20,22). The van der Waals surface area contributed by atoms with Gasteiger partial charge in [-0.25, -0.2) is 9.97 Å². The minimum atomic E-state index is -0.374. The molecule has 6 nitrogen and oxygen atoms in total. The number of amides is 2. The van der Waals surface area contributed by atoms with Crippen molar-refractivity contribution in [1.29, 1.82) is 0 Å². The third kappa shape index (κ3) is 5.50. The van der Waals surface area contributed by atoms with Crippen LogP contribution in [0.5, 0.6) is 0 Å². The number of nitrogens with one attached hydrogen (secondary N) is 2. The van der Waals surface area contributed by atoms with Crippen molar-refractivity contribution in [2.45, 2.75) is 18.0 Å². The summed E-state index contributed by atoms with van der Waals surface area (Å²) in [7, 11) is 0. The summed E-state index contributed by atoms with van der Waals surface area (Å²) in [6.45, 7) is 0.357. The van der Waals surface area contributed by atoms with E-state index in [0.29, 0.717) is 24.5 Å². The van der Waals surface area contributed by atoms with Crippen molar-refractivity contribution in [3.63, 3.8) is 0 Å². The van der Waals surface area contributed by atoms with Gasteiger partial charge >= 0.3 is 0 Å². The first-order valence-corrected chi connectivity index (χ1v) is 8.90. The maximum Gasteiger partial charge on any atom is 0.271 e. The van der Waals surface area contributed by atoms with Crippen LogP contribution in [0.25, 0.3) is 0 Å². The van der Waals surface area contributed by atoms with Gasteiger partial charge in [0.15, 0.2) is 10.9 Å². The number of thioether (sulfide) groups is 1. The van der Waals surface area contributed by atoms with Crippen LogP contribution in [-0.2, 0) is 4.79 Å². The van der Waals surface area contributed by atoms with Gasteiger partial charge in [-0.3, -0.25) is 9.59 Å². The van der Waals surface area contributed by atoms with Crippen LogP contribution in [0.1, 0.15) is 23.3 Å². The Hall–Kier alpha value is -2.12. The molecule has 0 radical (unpaired) electrons. The van der Waals surface area contributed by atoms with Gasteiger partial charge in [-0.15, -0.1) is 0 Å². The molecule has 0 aliphatic heterocycles. The van der Waals surface area contributed by atoms with E-state index in [4.69, 9.17) is 11.6 Å². The Balaban J connectivity index is 1.76. The molecule has 0 atom stereocenters. The molecule has 0 aliphatic carbocycles. The fourth-order valence-electron chi connectivity index (χ4n) is 1.89. The number of carbonyl (C=O) groups is 2. The van der Waals surface area contributed by atoms with Gasteiger partial charge in [0.05, 0.1) is 11.2 Å². The molecule has 2 rings (SSSR count). The molecule has 1 aromatic carbocycles. The molecule has 126 valence electrons. The van der Waals surface area contributed by atoms with Crippen LogP contribution in [-0.4, -0.2) is 34.6 Å². The number of aromatic nitrogens is 2. The highest BCUT2D eigenvalue weighted by Gasteiger charge is 2.13. The molecule has 1 aromatic heterocycles. The van der Waals surface area contributed by atoms with E-state index in [1.165, 1.54) is 18.0 Å². The van der Waals surface area contributed by atoms with Gasteiger partial charge in [0.25, 0.3) is 5.91 Å². The number of benzene rings is 1. The molecule has 0 saturated carbocycles. The van der Waals surface area contributed by atoms with Crippen LogP contribution in [0.15, 0.2) is 41.7 Å². The fraction of sp³-hybridized carbons (Fsp3) is 0.250. The highest BCUT2D eigenvalue weighted by molar-refractivity contribution is 7.98. The van der Waals surface area contributed by atoms with Crippen LogP contribution in [0.4, 0.5) is 5.69 Å². The van der Waals surface area contributed by atoms with Crippen molar-refractivity contribution in [3.05, 3.63) is 47.2 Å². The summed E-state index contributed by atoms with van der Waals surface area (Å²) in [5.74, 6) is -0.471. The Morgan fingerprint density at radius 2 is 2.00 bits per heavy atom. The molecule has 0 spiro atoms. The Labute approximate surface area is 149 Å². The second kappa shape index (κ2) is 9.24. The lowest BCUT2D eigenvalue weighted by Crippen LogP contribution is -2.27. The zero-order valence-electron chi connectivity index (χ0n) is 13.1. The van der Waals surface area contributed by atoms with Gasteiger partial charge in [-0.2, -0.15) is 0 Å². The first-order valence-electron chi connectivity index (χ1n) is 7.30. The van der Waals surface area contributed by atoms with Crippen LogP contribution in [0, 0.1) is 0 Å². The predicted octanol–water partition coefficient (Wildman–Crippen LogP) is 3.00. The molecule has 1 heterocycles. The molecule has 0 saturated heterocycles. The predicted molar refractivity (Wildman–Crippen MR) is 95.5 cm³/mol. The normalized spacial score (nSPS) is 10.2. The van der Waals surface area contributed by atoms with E-state index < -0.39 is 0 Å². The first-order chi connectivity index (χ1) is 11.6. The molecule has 24 heavy (non-hydrogen) atoms. The Morgan fingerprint density at radius 1 is 1.25 bits per heavy atom. The molecule has 0 aliphatic rings. The molecular weight excluding hydrogens is 348 g/mol. The number of nitrogens with zero attached hydrogens (tertiary/aromatic N) is 2. The van der Waals surface area contributed by atoms with E-state index in [2.05, 4.69) is 20.6 Å². The van der Waals surface area contributed by atoms with E-state index in [9.17, 15) is 9.59 Å². The second-order valence-electron chi connectivity index (χ2n) is 4.83. The van der Waals surface area contributed by atoms with Gasteiger partial charge in [0, 0.05) is 18.7 Å². The van der Waals surface area contributed by atoms with Crippen LogP contribution < -0.4 is 10.6 Å². The lowest BCUT2D eigenvalue weighted by molar-refractivity contribution is -0.116. The summed E-state index contributed by atoms with van der Waals surface area (Å²) in [4.78, 5) is 31.9.